The molecule has 5 nitrogen and oxygen atoms in total. The number of aromatic nitrogens is 2. The van der Waals surface area contributed by atoms with Crippen molar-refractivity contribution in [2.75, 3.05) is 38.6 Å². The Kier molecular flexibility index (Phi) is 5.13. The number of hydrogen-bond donors (Lipinski definition) is 0. The Morgan fingerprint density at radius 2 is 2.10 bits per heavy atom. The van der Waals surface area contributed by atoms with Gasteiger partial charge in [-0.15, -0.1) is 5.10 Å². The van der Waals surface area contributed by atoms with Crippen molar-refractivity contribution in [3.8, 4) is 6.07 Å². The number of aryl methyl sites for hydroxylation is 1. The van der Waals surface area contributed by atoms with Gasteiger partial charge in [0.2, 0.25) is 0 Å². The summed E-state index contributed by atoms with van der Waals surface area (Å²) in [6, 6.07) is 2.35. The molecule has 1 saturated heterocycles. The van der Waals surface area contributed by atoms with Crippen LogP contribution in [0.1, 0.15) is 37.1 Å². The molecule has 1 aromatic heterocycles. The van der Waals surface area contributed by atoms with E-state index in [1.54, 1.807) is 0 Å². The van der Waals surface area contributed by atoms with Crippen molar-refractivity contribution in [3.63, 3.8) is 0 Å². The first-order valence-electron chi connectivity index (χ1n) is 7.78. The standard InChI is InChI=1S/C16H25N5/c1-5-13-14(9-17)16(19-18-15(13)6-2)21(4)11-12-7-8-20(3)10-12/h12H,5-8,10-11H2,1-4H3. The van der Waals surface area contributed by atoms with Crippen LogP contribution < -0.4 is 4.90 Å². The Balaban J connectivity index is 2.24. The first-order valence-corrected chi connectivity index (χ1v) is 7.78. The van der Waals surface area contributed by atoms with E-state index >= 15 is 0 Å². The van der Waals surface area contributed by atoms with Crippen LogP contribution in [-0.4, -0.2) is 48.8 Å². The number of likely N-dealkylation sites (tertiary alicyclic amines) is 1. The molecule has 1 aromatic rings. The van der Waals surface area contributed by atoms with Crippen LogP contribution >= 0.6 is 0 Å². The lowest BCUT2D eigenvalue weighted by molar-refractivity contribution is 0.395. The van der Waals surface area contributed by atoms with Crippen LogP contribution in [0.15, 0.2) is 0 Å². The SMILES string of the molecule is CCc1nnc(N(C)CC2CCN(C)C2)c(C#N)c1CC. The van der Waals surface area contributed by atoms with Crippen molar-refractivity contribution in [1.29, 1.82) is 5.26 Å². The summed E-state index contributed by atoms with van der Waals surface area (Å²) in [5, 5.41) is 18.2. The highest BCUT2D eigenvalue weighted by atomic mass is 15.3. The van der Waals surface area contributed by atoms with Gasteiger partial charge in [-0.05, 0) is 44.3 Å². The van der Waals surface area contributed by atoms with Crippen molar-refractivity contribution < 1.29 is 0 Å². The highest BCUT2D eigenvalue weighted by Gasteiger charge is 2.23. The molecule has 2 rings (SSSR count). The van der Waals surface area contributed by atoms with Crippen LogP contribution in [0.5, 0.6) is 0 Å². The fourth-order valence-electron chi connectivity index (χ4n) is 3.20. The Hall–Kier alpha value is -1.67. The highest BCUT2D eigenvalue weighted by molar-refractivity contribution is 5.57. The predicted molar refractivity (Wildman–Crippen MR) is 84.4 cm³/mol. The van der Waals surface area contributed by atoms with E-state index in [2.05, 4.69) is 47.0 Å². The molecule has 1 unspecified atom stereocenters. The predicted octanol–water partition coefficient (Wildman–Crippen LogP) is 1.86. The number of hydrogen-bond acceptors (Lipinski definition) is 5. The lowest BCUT2D eigenvalue weighted by atomic mass is 10.0. The van der Waals surface area contributed by atoms with Gasteiger partial charge in [0.05, 0.1) is 5.69 Å². The van der Waals surface area contributed by atoms with Crippen molar-refractivity contribution in [3.05, 3.63) is 16.8 Å². The van der Waals surface area contributed by atoms with E-state index in [1.165, 1.54) is 6.42 Å². The fourth-order valence-corrected chi connectivity index (χ4v) is 3.20. The van der Waals surface area contributed by atoms with Gasteiger partial charge in [-0.25, -0.2) is 0 Å². The summed E-state index contributed by atoms with van der Waals surface area (Å²) in [6.45, 7) is 7.34. The van der Waals surface area contributed by atoms with Gasteiger partial charge in [0, 0.05) is 20.1 Å². The minimum atomic E-state index is 0.643. The van der Waals surface area contributed by atoms with E-state index in [0.29, 0.717) is 11.5 Å². The maximum Gasteiger partial charge on any atom is 0.169 e. The smallest absolute Gasteiger partial charge is 0.169 e. The molecular weight excluding hydrogens is 262 g/mol. The summed E-state index contributed by atoms with van der Waals surface area (Å²) >= 11 is 0. The molecule has 0 spiro atoms. The van der Waals surface area contributed by atoms with Crippen molar-refractivity contribution >= 4 is 5.82 Å². The van der Waals surface area contributed by atoms with Gasteiger partial charge in [0.15, 0.2) is 5.82 Å². The summed E-state index contributed by atoms with van der Waals surface area (Å²) < 4.78 is 0. The van der Waals surface area contributed by atoms with E-state index in [9.17, 15) is 5.26 Å². The topological polar surface area (TPSA) is 56.1 Å². The molecule has 1 fully saturated rings. The van der Waals surface area contributed by atoms with E-state index < -0.39 is 0 Å². The summed E-state index contributed by atoms with van der Waals surface area (Å²) in [6.07, 6.45) is 2.86. The molecule has 0 aromatic carbocycles. The zero-order valence-corrected chi connectivity index (χ0v) is 13.6. The Morgan fingerprint density at radius 3 is 2.62 bits per heavy atom. The van der Waals surface area contributed by atoms with E-state index in [0.717, 1.165) is 49.6 Å². The van der Waals surface area contributed by atoms with Crippen LogP contribution in [0, 0.1) is 17.2 Å². The zero-order valence-electron chi connectivity index (χ0n) is 13.6. The van der Waals surface area contributed by atoms with E-state index in [-0.39, 0.29) is 0 Å². The molecule has 1 atom stereocenters. The molecule has 1 aliphatic heterocycles. The first kappa shape index (κ1) is 15.7. The number of nitrogens with zero attached hydrogens (tertiary/aromatic N) is 5. The molecule has 1 aliphatic rings. The molecule has 114 valence electrons. The monoisotopic (exact) mass is 287 g/mol. The fraction of sp³-hybridized carbons (Fsp3) is 0.688. The molecule has 0 N–H and O–H groups in total. The van der Waals surface area contributed by atoms with Crippen LogP contribution in [0.4, 0.5) is 5.82 Å². The van der Waals surface area contributed by atoms with Crippen molar-refractivity contribution in [1.82, 2.24) is 15.1 Å². The normalized spacial score (nSPS) is 18.7. The van der Waals surface area contributed by atoms with Crippen molar-refractivity contribution in [2.45, 2.75) is 33.1 Å². The minimum absolute atomic E-state index is 0.643. The Bertz CT molecular complexity index is 534. The average Bonchev–Trinajstić information content (AvgIpc) is 2.90. The highest BCUT2D eigenvalue weighted by Crippen LogP contribution is 2.24. The zero-order chi connectivity index (χ0) is 15.4. The van der Waals surface area contributed by atoms with Gasteiger partial charge in [-0.1, -0.05) is 13.8 Å². The van der Waals surface area contributed by atoms with Crippen LogP contribution in [-0.2, 0) is 12.8 Å². The van der Waals surface area contributed by atoms with Crippen molar-refractivity contribution in [2.24, 2.45) is 5.92 Å². The van der Waals surface area contributed by atoms with Gasteiger partial charge in [-0.3, -0.25) is 0 Å². The molecule has 5 heteroatoms. The van der Waals surface area contributed by atoms with E-state index in [4.69, 9.17) is 0 Å². The summed E-state index contributed by atoms with van der Waals surface area (Å²) in [5.74, 6) is 1.38. The summed E-state index contributed by atoms with van der Waals surface area (Å²) in [7, 11) is 4.18. The molecule has 0 bridgehead atoms. The molecule has 2 heterocycles. The van der Waals surface area contributed by atoms with Crippen LogP contribution in [0.2, 0.25) is 0 Å². The number of nitriles is 1. The van der Waals surface area contributed by atoms with Crippen LogP contribution in [0.3, 0.4) is 0 Å². The lowest BCUT2D eigenvalue weighted by Crippen LogP contribution is -2.29. The van der Waals surface area contributed by atoms with Crippen LogP contribution in [0.25, 0.3) is 0 Å². The Morgan fingerprint density at radius 1 is 1.33 bits per heavy atom. The summed E-state index contributed by atoms with van der Waals surface area (Å²) in [5.41, 5.74) is 2.71. The van der Waals surface area contributed by atoms with Gasteiger partial charge in [0.25, 0.3) is 0 Å². The quantitative estimate of drug-likeness (QED) is 0.827. The third kappa shape index (κ3) is 3.33. The third-order valence-corrected chi connectivity index (χ3v) is 4.32. The largest absolute Gasteiger partial charge is 0.357 e. The molecule has 0 radical (unpaired) electrons. The van der Waals surface area contributed by atoms with Gasteiger partial charge in [-0.2, -0.15) is 10.4 Å². The van der Waals surface area contributed by atoms with Gasteiger partial charge in [0.1, 0.15) is 11.6 Å². The molecule has 0 aliphatic carbocycles. The number of anilines is 1. The maximum atomic E-state index is 9.55. The van der Waals surface area contributed by atoms with Gasteiger partial charge >= 0.3 is 0 Å². The molecular formula is C16H25N5. The average molecular weight is 287 g/mol. The lowest BCUT2D eigenvalue weighted by Gasteiger charge is -2.23. The molecule has 21 heavy (non-hydrogen) atoms. The molecule has 0 amide bonds. The maximum absolute atomic E-state index is 9.55. The van der Waals surface area contributed by atoms with Gasteiger partial charge < -0.3 is 9.80 Å². The number of rotatable bonds is 5. The minimum Gasteiger partial charge on any atom is -0.357 e. The Labute approximate surface area is 127 Å². The third-order valence-electron chi connectivity index (χ3n) is 4.32. The van der Waals surface area contributed by atoms with E-state index in [1.807, 2.05) is 7.05 Å². The summed E-state index contributed by atoms with van der Waals surface area (Å²) in [4.78, 5) is 4.46. The second-order valence-corrected chi connectivity index (χ2v) is 5.94. The first-order chi connectivity index (χ1) is 10.1. The second-order valence-electron chi connectivity index (χ2n) is 5.94. The molecule has 0 saturated carbocycles. The second kappa shape index (κ2) is 6.86.